The van der Waals surface area contributed by atoms with Gasteiger partial charge >= 0.3 is 0 Å². The Morgan fingerprint density at radius 2 is 1.00 bits per heavy atom. The monoisotopic (exact) mass is 396 g/mol. The summed E-state index contributed by atoms with van der Waals surface area (Å²) < 4.78 is 0. The van der Waals surface area contributed by atoms with Crippen LogP contribution in [0, 0.1) is 0 Å². The van der Waals surface area contributed by atoms with Crippen LogP contribution in [-0.4, -0.2) is 12.3 Å². The molecule has 3 aromatic carbocycles. The van der Waals surface area contributed by atoms with Crippen molar-refractivity contribution in [3.63, 3.8) is 0 Å². The molecule has 3 rings (SSSR count). The van der Waals surface area contributed by atoms with E-state index in [2.05, 4.69) is 113 Å². The number of halogens is 1. The third-order valence-electron chi connectivity index (χ3n) is 4.55. The van der Waals surface area contributed by atoms with Crippen molar-refractivity contribution in [3.05, 3.63) is 108 Å². The molecular weight excluding hydrogens is 375 g/mol. The second-order valence-corrected chi connectivity index (χ2v) is 10.8. The van der Waals surface area contributed by atoms with Gasteiger partial charge in [0.25, 0.3) is 0 Å². The Hall–Kier alpha value is -1.43. The fraction of sp³-hybridized carbons (Fsp3) is 0.182. The van der Waals surface area contributed by atoms with Crippen molar-refractivity contribution in [2.45, 2.75) is 12.3 Å². The SMILES string of the molecule is CCP(Br)CC(c1ccccc1)(c1ccccc1)c1ccccc1. The van der Waals surface area contributed by atoms with Crippen LogP contribution < -0.4 is 0 Å². The molecule has 0 aliphatic carbocycles. The third kappa shape index (κ3) is 3.48. The summed E-state index contributed by atoms with van der Waals surface area (Å²) in [6.07, 6.45) is 2.26. The first-order valence-electron chi connectivity index (χ1n) is 8.34. The molecule has 0 N–H and O–H groups in total. The molecule has 0 aliphatic rings. The zero-order valence-electron chi connectivity index (χ0n) is 13.9. The van der Waals surface area contributed by atoms with E-state index in [4.69, 9.17) is 0 Å². The normalized spacial score (nSPS) is 12.8. The quantitative estimate of drug-likeness (QED) is 0.316. The van der Waals surface area contributed by atoms with Crippen LogP contribution in [0.1, 0.15) is 23.6 Å². The van der Waals surface area contributed by atoms with Gasteiger partial charge in [-0.1, -0.05) is 113 Å². The molecule has 1 unspecified atom stereocenters. The summed E-state index contributed by atoms with van der Waals surface area (Å²) in [6, 6.07) is 32.8. The van der Waals surface area contributed by atoms with Gasteiger partial charge in [0.1, 0.15) is 0 Å². The lowest BCUT2D eigenvalue weighted by atomic mass is 9.71. The Kier molecular flexibility index (Phi) is 5.87. The van der Waals surface area contributed by atoms with Crippen LogP contribution in [0.3, 0.4) is 0 Å². The van der Waals surface area contributed by atoms with Gasteiger partial charge < -0.3 is 0 Å². The summed E-state index contributed by atoms with van der Waals surface area (Å²) in [5.74, 6) is 0. The van der Waals surface area contributed by atoms with Gasteiger partial charge in [0.15, 0.2) is 0 Å². The van der Waals surface area contributed by atoms with E-state index in [0.29, 0.717) is 0 Å². The maximum Gasteiger partial charge on any atom is 0.0498 e. The van der Waals surface area contributed by atoms with Gasteiger partial charge in [-0.2, -0.15) is 0 Å². The van der Waals surface area contributed by atoms with Crippen molar-refractivity contribution in [2.75, 3.05) is 12.3 Å². The molecule has 0 aliphatic heterocycles. The molecule has 0 bridgehead atoms. The van der Waals surface area contributed by atoms with Crippen molar-refractivity contribution in [1.82, 2.24) is 0 Å². The lowest BCUT2D eigenvalue weighted by Crippen LogP contribution is -2.32. The van der Waals surface area contributed by atoms with E-state index in [-0.39, 0.29) is 12.0 Å². The Morgan fingerprint density at radius 1 is 0.667 bits per heavy atom. The van der Waals surface area contributed by atoms with Gasteiger partial charge in [0.2, 0.25) is 0 Å². The number of hydrogen-bond acceptors (Lipinski definition) is 0. The molecule has 0 radical (unpaired) electrons. The predicted molar refractivity (Wildman–Crippen MR) is 110 cm³/mol. The van der Waals surface area contributed by atoms with Crippen molar-refractivity contribution >= 4 is 22.1 Å². The van der Waals surface area contributed by atoms with Gasteiger partial charge in [-0.25, -0.2) is 0 Å². The topological polar surface area (TPSA) is 0 Å². The van der Waals surface area contributed by atoms with Crippen LogP contribution in [0.4, 0.5) is 0 Å². The molecule has 0 aromatic heterocycles. The van der Waals surface area contributed by atoms with Crippen LogP contribution >= 0.6 is 22.1 Å². The van der Waals surface area contributed by atoms with Crippen LogP contribution in [0.2, 0.25) is 0 Å². The lowest BCUT2D eigenvalue weighted by molar-refractivity contribution is 0.702. The molecule has 0 amide bonds. The Balaban J connectivity index is 2.28. The van der Waals surface area contributed by atoms with Crippen molar-refractivity contribution < 1.29 is 0 Å². The summed E-state index contributed by atoms with van der Waals surface area (Å²) in [5.41, 5.74) is 3.98. The van der Waals surface area contributed by atoms with E-state index in [9.17, 15) is 0 Å². The highest BCUT2D eigenvalue weighted by molar-refractivity contribution is 9.39. The molecule has 3 aromatic rings. The molecule has 122 valence electrons. The minimum absolute atomic E-state index is 0.116. The predicted octanol–water partition coefficient (Wildman–Crippen LogP) is 6.83. The standard InChI is InChI=1S/C22H22BrP/c1-2-24(23)18-22(19-12-6-3-7-13-19,20-14-8-4-9-15-20)21-16-10-5-11-17-21/h3-17H,2,18H2,1H3. The second-order valence-electron chi connectivity index (χ2n) is 5.94. The summed E-state index contributed by atoms with van der Waals surface area (Å²) in [7, 11) is 0. The molecule has 0 spiro atoms. The van der Waals surface area contributed by atoms with Gasteiger partial charge in [0, 0.05) is 5.41 Å². The highest BCUT2D eigenvalue weighted by Gasteiger charge is 2.37. The first-order chi connectivity index (χ1) is 11.8. The lowest BCUT2D eigenvalue weighted by Gasteiger charge is -2.37. The maximum absolute atomic E-state index is 3.97. The van der Waals surface area contributed by atoms with Crippen molar-refractivity contribution in [2.24, 2.45) is 0 Å². The van der Waals surface area contributed by atoms with E-state index < -0.39 is 0 Å². The largest absolute Gasteiger partial charge is 0.0622 e. The fourth-order valence-electron chi connectivity index (χ4n) is 3.31. The highest BCUT2D eigenvalue weighted by atomic mass is 79.9. The van der Waals surface area contributed by atoms with Crippen LogP contribution in [0.25, 0.3) is 0 Å². The van der Waals surface area contributed by atoms with Crippen molar-refractivity contribution in [1.29, 1.82) is 0 Å². The van der Waals surface area contributed by atoms with E-state index in [1.807, 2.05) is 0 Å². The molecule has 0 saturated carbocycles. The van der Waals surface area contributed by atoms with Crippen molar-refractivity contribution in [3.8, 4) is 0 Å². The molecular formula is C22H22BrP. The molecule has 0 heterocycles. The number of hydrogen-bond donors (Lipinski definition) is 0. The molecule has 24 heavy (non-hydrogen) atoms. The molecule has 0 saturated heterocycles. The van der Waals surface area contributed by atoms with Crippen LogP contribution in [0.5, 0.6) is 0 Å². The van der Waals surface area contributed by atoms with Gasteiger partial charge in [-0.3, -0.25) is 0 Å². The van der Waals surface area contributed by atoms with Crippen LogP contribution in [-0.2, 0) is 5.41 Å². The molecule has 1 atom stereocenters. The van der Waals surface area contributed by atoms with E-state index >= 15 is 0 Å². The van der Waals surface area contributed by atoms with E-state index in [0.717, 1.165) is 6.16 Å². The number of rotatable bonds is 6. The smallest absolute Gasteiger partial charge is 0.0498 e. The summed E-state index contributed by atoms with van der Waals surface area (Å²) >= 11 is 3.97. The summed E-state index contributed by atoms with van der Waals surface area (Å²) in [5, 5.41) is 0. The Morgan fingerprint density at radius 3 is 1.29 bits per heavy atom. The Labute approximate surface area is 154 Å². The average Bonchev–Trinajstić information content (AvgIpc) is 2.68. The zero-order chi connectivity index (χ0) is 16.8. The highest BCUT2D eigenvalue weighted by Crippen LogP contribution is 2.53. The number of benzene rings is 3. The van der Waals surface area contributed by atoms with Gasteiger partial charge in [-0.15, -0.1) is 0 Å². The van der Waals surface area contributed by atoms with Gasteiger partial charge in [0.05, 0.1) is 0 Å². The first kappa shape index (κ1) is 17.4. The Bertz CT molecular complexity index is 644. The van der Waals surface area contributed by atoms with Gasteiger partial charge in [-0.05, 0) is 35.6 Å². The minimum Gasteiger partial charge on any atom is -0.0622 e. The summed E-state index contributed by atoms with van der Waals surface area (Å²) in [6.45, 7) is 2.05. The zero-order valence-corrected chi connectivity index (χ0v) is 16.4. The molecule has 0 fully saturated rings. The second kappa shape index (κ2) is 8.10. The summed E-state index contributed by atoms with van der Waals surface area (Å²) in [4.78, 5) is 0. The fourth-order valence-corrected chi connectivity index (χ4v) is 5.73. The molecule has 0 nitrogen and oxygen atoms in total. The van der Waals surface area contributed by atoms with E-state index in [1.54, 1.807) is 0 Å². The maximum atomic E-state index is 3.97. The molecule has 2 heteroatoms. The first-order valence-corrected chi connectivity index (χ1v) is 12.1. The van der Waals surface area contributed by atoms with Crippen LogP contribution in [0.15, 0.2) is 91.0 Å². The minimum atomic E-state index is -0.225. The third-order valence-corrected chi connectivity index (χ3v) is 8.31. The van der Waals surface area contributed by atoms with E-state index in [1.165, 1.54) is 22.9 Å². The average molecular weight is 397 g/mol.